The third-order valence-electron chi connectivity index (χ3n) is 10.8. The molecule has 0 N–H and O–H groups in total. The molecule has 0 amide bonds. The highest BCUT2D eigenvalue weighted by Gasteiger charge is 2.88. The molecule has 35 heavy (non-hydrogen) atoms. The van der Waals surface area contributed by atoms with Crippen LogP contribution >= 0.6 is 0 Å². The minimum absolute atomic E-state index is 0.00639. The molecule has 3 aliphatic carbocycles. The number of carbonyl (C=O) groups is 3. The summed E-state index contributed by atoms with van der Waals surface area (Å²) in [6.45, 7) is 12.0. The molecule has 188 valence electrons. The fourth-order valence-electron chi connectivity index (χ4n) is 9.20. The molecule has 1 aromatic rings. The standard InChI is InChI=1S/C28H34O7/c1-15(29)33-20-13-18-24(2,3)19(30)8-10-25(18,4)17-7-11-26(5)21(16-9-12-32-14-16)34-23(31)22-28(26,35-22)27(17,20)6/h8-10,12,14,17-18,20-22H,7,11,13H2,1-6H3/t17?,18?,20-,21+,22?,25-,26+,27+,28?/m1/s1. The van der Waals surface area contributed by atoms with Gasteiger partial charge in [0.15, 0.2) is 11.9 Å². The van der Waals surface area contributed by atoms with Crippen molar-refractivity contribution in [2.75, 3.05) is 0 Å². The molecule has 0 aromatic carbocycles. The van der Waals surface area contributed by atoms with E-state index in [0.29, 0.717) is 6.42 Å². The van der Waals surface area contributed by atoms with E-state index in [2.05, 4.69) is 26.8 Å². The van der Waals surface area contributed by atoms with Crippen molar-refractivity contribution in [3.8, 4) is 0 Å². The lowest BCUT2D eigenvalue weighted by Crippen LogP contribution is -2.72. The normalized spacial score (nSPS) is 49.1. The van der Waals surface area contributed by atoms with Crippen molar-refractivity contribution >= 4 is 17.7 Å². The van der Waals surface area contributed by atoms with Gasteiger partial charge in [0, 0.05) is 28.7 Å². The van der Waals surface area contributed by atoms with Gasteiger partial charge in [-0.3, -0.25) is 9.59 Å². The van der Waals surface area contributed by atoms with Crippen molar-refractivity contribution in [1.29, 1.82) is 0 Å². The van der Waals surface area contributed by atoms with Gasteiger partial charge in [-0.25, -0.2) is 4.79 Å². The fraction of sp³-hybridized carbons (Fsp3) is 0.679. The van der Waals surface area contributed by atoms with Gasteiger partial charge in [0.1, 0.15) is 17.8 Å². The zero-order chi connectivity index (χ0) is 25.2. The van der Waals surface area contributed by atoms with Gasteiger partial charge in [-0.2, -0.15) is 0 Å². The number of carbonyl (C=O) groups excluding carboxylic acids is 3. The number of fused-ring (bicyclic) bond motifs is 3. The van der Waals surface area contributed by atoms with Crippen LogP contribution in [0.1, 0.15) is 72.5 Å². The molecule has 6 rings (SSSR count). The van der Waals surface area contributed by atoms with Gasteiger partial charge in [0.05, 0.1) is 12.5 Å². The largest absolute Gasteiger partial charge is 0.472 e. The molecule has 4 unspecified atom stereocenters. The van der Waals surface area contributed by atoms with E-state index in [0.717, 1.165) is 18.4 Å². The minimum Gasteiger partial charge on any atom is -0.472 e. The Hall–Kier alpha value is -2.41. The van der Waals surface area contributed by atoms with Crippen molar-refractivity contribution < 1.29 is 33.0 Å². The third kappa shape index (κ3) is 2.48. The van der Waals surface area contributed by atoms with E-state index in [-0.39, 0.29) is 35.0 Å². The van der Waals surface area contributed by atoms with Crippen molar-refractivity contribution in [3.05, 3.63) is 36.3 Å². The number of esters is 2. The first-order chi connectivity index (χ1) is 16.3. The van der Waals surface area contributed by atoms with Crippen LogP contribution < -0.4 is 0 Å². The number of rotatable bonds is 2. The quantitative estimate of drug-likeness (QED) is 0.450. The monoisotopic (exact) mass is 482 g/mol. The predicted octanol–water partition coefficient (Wildman–Crippen LogP) is 4.56. The Kier molecular flexibility index (Phi) is 4.38. The average Bonchev–Trinajstić information content (AvgIpc) is 3.35. The number of ether oxygens (including phenoxy) is 3. The molecule has 0 radical (unpaired) electrons. The maximum atomic E-state index is 13.2. The van der Waals surface area contributed by atoms with E-state index >= 15 is 0 Å². The van der Waals surface area contributed by atoms with Gasteiger partial charge in [-0.1, -0.05) is 40.7 Å². The maximum absolute atomic E-state index is 13.2. The molecular formula is C28H34O7. The Balaban J connectivity index is 1.55. The highest BCUT2D eigenvalue weighted by atomic mass is 16.7. The van der Waals surface area contributed by atoms with Crippen LogP contribution in [0.4, 0.5) is 0 Å². The highest BCUT2D eigenvalue weighted by Crippen LogP contribution is 2.79. The van der Waals surface area contributed by atoms with E-state index in [4.69, 9.17) is 18.6 Å². The Labute approximate surface area is 205 Å². The Bertz CT molecular complexity index is 1150. The molecule has 7 heteroatoms. The second-order valence-corrected chi connectivity index (χ2v) is 12.6. The fourth-order valence-corrected chi connectivity index (χ4v) is 9.20. The summed E-state index contributed by atoms with van der Waals surface area (Å²) in [5.74, 6) is -0.603. The van der Waals surface area contributed by atoms with Crippen LogP contribution in [0.3, 0.4) is 0 Å². The summed E-state index contributed by atoms with van der Waals surface area (Å²) < 4.78 is 24.0. The van der Waals surface area contributed by atoms with Crippen LogP contribution in [0.25, 0.3) is 0 Å². The van der Waals surface area contributed by atoms with E-state index in [1.54, 1.807) is 18.6 Å². The molecule has 1 aromatic heterocycles. The summed E-state index contributed by atoms with van der Waals surface area (Å²) in [7, 11) is 0. The zero-order valence-corrected chi connectivity index (χ0v) is 21.3. The molecule has 2 saturated carbocycles. The lowest BCUT2D eigenvalue weighted by molar-refractivity contribution is -0.251. The van der Waals surface area contributed by atoms with Crippen LogP contribution in [-0.4, -0.2) is 35.5 Å². The van der Waals surface area contributed by atoms with Gasteiger partial charge in [0.25, 0.3) is 0 Å². The summed E-state index contributed by atoms with van der Waals surface area (Å²) in [6, 6.07) is 1.84. The highest BCUT2D eigenvalue weighted by molar-refractivity contribution is 5.95. The maximum Gasteiger partial charge on any atom is 0.339 e. The van der Waals surface area contributed by atoms with Gasteiger partial charge in [0.2, 0.25) is 0 Å². The van der Waals surface area contributed by atoms with Crippen molar-refractivity contribution in [1.82, 2.24) is 0 Å². The van der Waals surface area contributed by atoms with E-state index in [9.17, 15) is 14.4 Å². The number of ketones is 1. The summed E-state index contributed by atoms with van der Waals surface area (Å²) in [6.07, 6.45) is 7.46. The second kappa shape index (κ2) is 6.67. The van der Waals surface area contributed by atoms with Crippen LogP contribution in [0.15, 0.2) is 35.2 Å². The zero-order valence-electron chi connectivity index (χ0n) is 21.3. The Morgan fingerprint density at radius 2 is 1.83 bits per heavy atom. The first kappa shape index (κ1) is 23.0. The average molecular weight is 483 g/mol. The molecule has 3 heterocycles. The van der Waals surface area contributed by atoms with Gasteiger partial charge < -0.3 is 18.6 Å². The minimum atomic E-state index is -0.853. The molecule has 7 nitrogen and oxygen atoms in total. The lowest BCUT2D eigenvalue weighted by Gasteiger charge is -2.68. The van der Waals surface area contributed by atoms with Crippen LogP contribution in [0, 0.1) is 33.5 Å². The number of hydrogen-bond donors (Lipinski definition) is 0. The number of epoxide rings is 1. The lowest BCUT2D eigenvalue weighted by atomic mass is 9.35. The van der Waals surface area contributed by atoms with Crippen LogP contribution in [0.2, 0.25) is 0 Å². The number of furan rings is 1. The molecule has 5 aliphatic rings. The molecular weight excluding hydrogens is 448 g/mol. The number of cyclic esters (lactones) is 1. The first-order valence-corrected chi connectivity index (χ1v) is 12.7. The summed E-state index contributed by atoms with van der Waals surface area (Å²) in [5.41, 5.74) is -2.15. The molecule has 2 aliphatic heterocycles. The third-order valence-corrected chi connectivity index (χ3v) is 10.8. The topological polar surface area (TPSA) is 95.3 Å². The van der Waals surface area contributed by atoms with E-state index in [1.165, 1.54) is 6.92 Å². The molecule has 0 bridgehead atoms. The summed E-state index contributed by atoms with van der Waals surface area (Å²) in [5, 5.41) is 0. The smallest absolute Gasteiger partial charge is 0.339 e. The number of hydrogen-bond acceptors (Lipinski definition) is 7. The first-order valence-electron chi connectivity index (χ1n) is 12.7. The number of allylic oxidation sites excluding steroid dienone is 2. The molecule has 4 fully saturated rings. The second-order valence-electron chi connectivity index (χ2n) is 12.6. The van der Waals surface area contributed by atoms with Gasteiger partial charge in [-0.05, 0) is 48.7 Å². The van der Waals surface area contributed by atoms with Gasteiger partial charge in [-0.15, -0.1) is 0 Å². The van der Waals surface area contributed by atoms with Crippen molar-refractivity contribution in [2.45, 2.75) is 84.7 Å². The molecule has 1 spiro atoms. The van der Waals surface area contributed by atoms with Crippen LogP contribution in [-0.2, 0) is 28.6 Å². The SMILES string of the molecule is CC(=O)O[C@@H]1CC2C(C)(C)C(=O)C=C[C@]2(C)C2CC[C@@]3(C)[C@H](c4ccoc4)OC(=O)C4OC43[C@@]21C. The Morgan fingerprint density at radius 3 is 2.49 bits per heavy atom. The van der Waals surface area contributed by atoms with E-state index < -0.39 is 40.2 Å². The van der Waals surface area contributed by atoms with Crippen LogP contribution in [0.5, 0.6) is 0 Å². The molecule has 9 atom stereocenters. The molecule has 2 saturated heterocycles. The van der Waals surface area contributed by atoms with Crippen molar-refractivity contribution in [3.63, 3.8) is 0 Å². The Morgan fingerprint density at radius 1 is 1.09 bits per heavy atom. The summed E-state index contributed by atoms with van der Waals surface area (Å²) >= 11 is 0. The predicted molar refractivity (Wildman–Crippen MR) is 124 cm³/mol. The van der Waals surface area contributed by atoms with E-state index in [1.807, 2.05) is 19.9 Å². The summed E-state index contributed by atoms with van der Waals surface area (Å²) in [4.78, 5) is 38.6. The van der Waals surface area contributed by atoms with Gasteiger partial charge >= 0.3 is 11.9 Å². The van der Waals surface area contributed by atoms with Crippen molar-refractivity contribution in [2.24, 2.45) is 33.5 Å².